The van der Waals surface area contributed by atoms with E-state index in [4.69, 9.17) is 32.7 Å². The summed E-state index contributed by atoms with van der Waals surface area (Å²) < 4.78 is 37.5. The summed E-state index contributed by atoms with van der Waals surface area (Å²) in [5.41, 5.74) is 0.302. The van der Waals surface area contributed by atoms with Crippen LogP contribution in [0.5, 0.6) is 5.75 Å². The summed E-state index contributed by atoms with van der Waals surface area (Å²) in [5, 5.41) is 3.18. The molecule has 2 aromatic carbocycles. The van der Waals surface area contributed by atoms with Crippen molar-refractivity contribution in [3.63, 3.8) is 0 Å². The van der Waals surface area contributed by atoms with Gasteiger partial charge >= 0.3 is 0 Å². The van der Waals surface area contributed by atoms with E-state index in [1.54, 1.807) is 24.3 Å². The van der Waals surface area contributed by atoms with Crippen LogP contribution in [-0.2, 0) is 19.6 Å². The van der Waals surface area contributed by atoms with Crippen LogP contribution < -0.4 is 10.1 Å². The predicted octanol–water partition coefficient (Wildman–Crippen LogP) is 3.03. The Bertz CT molecular complexity index is 962. The zero-order valence-electron chi connectivity index (χ0n) is 14.7. The molecule has 1 fully saturated rings. The van der Waals surface area contributed by atoms with Crippen LogP contribution >= 0.6 is 23.2 Å². The molecule has 1 aliphatic rings. The van der Waals surface area contributed by atoms with E-state index in [0.29, 0.717) is 29.7 Å². The number of sulfonamides is 1. The van der Waals surface area contributed by atoms with Crippen molar-refractivity contribution >= 4 is 44.8 Å². The molecule has 7 nitrogen and oxygen atoms in total. The van der Waals surface area contributed by atoms with Gasteiger partial charge in [-0.1, -0.05) is 29.3 Å². The number of halogens is 2. The summed E-state index contributed by atoms with van der Waals surface area (Å²) in [6, 6.07) is 11.0. The SMILES string of the molecule is O=C(COc1cccc(Cl)c1)Nc1ccc(Cl)c(S(=O)(=O)N2CCOCC2)c1. The Labute approximate surface area is 173 Å². The molecule has 28 heavy (non-hydrogen) atoms. The molecule has 2 aromatic rings. The quantitative estimate of drug-likeness (QED) is 0.739. The van der Waals surface area contributed by atoms with Gasteiger partial charge in [0, 0.05) is 23.8 Å². The number of hydrogen-bond donors (Lipinski definition) is 1. The molecule has 1 aliphatic heterocycles. The molecule has 0 aromatic heterocycles. The molecule has 1 saturated heterocycles. The van der Waals surface area contributed by atoms with Gasteiger partial charge in [-0.2, -0.15) is 4.31 Å². The Hall–Kier alpha value is -1.84. The van der Waals surface area contributed by atoms with Crippen molar-refractivity contribution < 1.29 is 22.7 Å². The van der Waals surface area contributed by atoms with Crippen LogP contribution in [0.4, 0.5) is 5.69 Å². The standard InChI is InChI=1S/C18H18Cl2N2O5S/c19-13-2-1-3-15(10-13)27-12-18(23)21-14-4-5-16(20)17(11-14)28(24,25)22-6-8-26-9-7-22/h1-5,10-11H,6-9,12H2,(H,21,23). The third-order valence-corrected chi connectivity index (χ3v) is 6.58. The predicted molar refractivity (Wildman–Crippen MR) is 107 cm³/mol. The monoisotopic (exact) mass is 444 g/mol. The first kappa shape index (κ1) is 20.9. The Balaban J connectivity index is 1.69. The Morgan fingerprint density at radius 3 is 2.61 bits per heavy atom. The minimum atomic E-state index is -3.79. The lowest BCUT2D eigenvalue weighted by molar-refractivity contribution is -0.118. The van der Waals surface area contributed by atoms with Crippen LogP contribution in [0.1, 0.15) is 0 Å². The van der Waals surface area contributed by atoms with Crippen molar-refractivity contribution in [1.82, 2.24) is 4.31 Å². The van der Waals surface area contributed by atoms with Gasteiger partial charge in [-0.3, -0.25) is 4.79 Å². The molecule has 0 spiro atoms. The summed E-state index contributed by atoms with van der Waals surface area (Å²) in [4.78, 5) is 12.1. The fourth-order valence-electron chi connectivity index (χ4n) is 2.61. The molecule has 0 aliphatic carbocycles. The minimum Gasteiger partial charge on any atom is -0.484 e. The first-order valence-electron chi connectivity index (χ1n) is 8.42. The van der Waals surface area contributed by atoms with Gasteiger partial charge in [-0.15, -0.1) is 0 Å². The zero-order valence-corrected chi connectivity index (χ0v) is 17.1. The molecule has 0 atom stereocenters. The normalized spacial score (nSPS) is 15.2. The molecule has 1 amide bonds. The number of carbonyl (C=O) groups is 1. The number of rotatable bonds is 6. The maximum Gasteiger partial charge on any atom is 0.262 e. The molecule has 1 N–H and O–H groups in total. The summed E-state index contributed by atoms with van der Waals surface area (Å²) in [6.07, 6.45) is 0. The van der Waals surface area contributed by atoms with Gasteiger partial charge in [0.2, 0.25) is 10.0 Å². The average molecular weight is 445 g/mol. The Kier molecular flexibility index (Phi) is 6.79. The van der Waals surface area contributed by atoms with Gasteiger partial charge in [0.25, 0.3) is 5.91 Å². The van der Waals surface area contributed by atoms with E-state index < -0.39 is 15.9 Å². The molecule has 0 radical (unpaired) electrons. The van der Waals surface area contributed by atoms with Crippen molar-refractivity contribution in [2.24, 2.45) is 0 Å². The number of morpholine rings is 1. The van der Waals surface area contributed by atoms with E-state index >= 15 is 0 Å². The van der Waals surface area contributed by atoms with Crippen molar-refractivity contribution in [2.75, 3.05) is 38.2 Å². The van der Waals surface area contributed by atoms with Crippen molar-refractivity contribution in [3.05, 3.63) is 52.5 Å². The first-order valence-corrected chi connectivity index (χ1v) is 10.6. The molecule has 150 valence electrons. The van der Waals surface area contributed by atoms with Gasteiger partial charge in [-0.05, 0) is 36.4 Å². The second-order valence-corrected chi connectivity index (χ2v) is 8.71. The van der Waals surface area contributed by atoms with E-state index in [2.05, 4.69) is 5.32 Å². The topological polar surface area (TPSA) is 84.9 Å². The number of nitrogens with one attached hydrogen (secondary N) is 1. The number of carbonyl (C=O) groups excluding carboxylic acids is 1. The highest BCUT2D eigenvalue weighted by Gasteiger charge is 2.28. The van der Waals surface area contributed by atoms with Crippen molar-refractivity contribution in [2.45, 2.75) is 4.90 Å². The maximum atomic E-state index is 12.8. The summed E-state index contributed by atoms with van der Waals surface area (Å²) in [5.74, 6) is 0.00589. The number of amides is 1. The first-order chi connectivity index (χ1) is 13.4. The maximum absolute atomic E-state index is 12.8. The largest absolute Gasteiger partial charge is 0.484 e. The molecule has 0 unspecified atom stereocenters. The van der Waals surface area contributed by atoms with Gasteiger partial charge < -0.3 is 14.8 Å². The smallest absolute Gasteiger partial charge is 0.262 e. The van der Waals surface area contributed by atoms with Crippen LogP contribution in [0, 0.1) is 0 Å². The van der Waals surface area contributed by atoms with E-state index in [9.17, 15) is 13.2 Å². The Morgan fingerprint density at radius 2 is 1.89 bits per heavy atom. The van der Waals surface area contributed by atoms with Gasteiger partial charge in [0.1, 0.15) is 10.6 Å². The molecule has 0 saturated carbocycles. The fourth-order valence-corrected chi connectivity index (χ4v) is 4.70. The number of anilines is 1. The van der Waals surface area contributed by atoms with Crippen LogP contribution in [0.15, 0.2) is 47.4 Å². The van der Waals surface area contributed by atoms with Crippen molar-refractivity contribution in [3.8, 4) is 5.75 Å². The van der Waals surface area contributed by atoms with Crippen LogP contribution in [0.3, 0.4) is 0 Å². The molecule has 3 rings (SSSR count). The fraction of sp³-hybridized carbons (Fsp3) is 0.278. The summed E-state index contributed by atoms with van der Waals surface area (Å²) in [7, 11) is -3.79. The van der Waals surface area contributed by atoms with Crippen LogP contribution in [0.2, 0.25) is 10.0 Å². The summed E-state index contributed by atoms with van der Waals surface area (Å²) >= 11 is 12.0. The number of ether oxygens (including phenoxy) is 2. The zero-order chi connectivity index (χ0) is 20.1. The molecule has 1 heterocycles. The minimum absolute atomic E-state index is 0.0652. The number of benzene rings is 2. The second-order valence-electron chi connectivity index (χ2n) is 5.96. The van der Waals surface area contributed by atoms with E-state index in [1.807, 2.05) is 0 Å². The highest BCUT2D eigenvalue weighted by molar-refractivity contribution is 7.89. The highest BCUT2D eigenvalue weighted by atomic mass is 35.5. The van der Waals surface area contributed by atoms with E-state index in [-0.39, 0.29) is 29.6 Å². The van der Waals surface area contributed by atoms with Crippen LogP contribution in [-0.4, -0.2) is 51.5 Å². The average Bonchev–Trinajstić information content (AvgIpc) is 2.68. The highest BCUT2D eigenvalue weighted by Crippen LogP contribution is 2.28. The lowest BCUT2D eigenvalue weighted by atomic mass is 10.3. The Morgan fingerprint density at radius 1 is 1.14 bits per heavy atom. The molecular weight excluding hydrogens is 427 g/mol. The molecular formula is C18H18Cl2N2O5S. The number of nitrogens with zero attached hydrogens (tertiary/aromatic N) is 1. The van der Waals surface area contributed by atoms with E-state index in [0.717, 1.165) is 0 Å². The summed E-state index contributed by atoms with van der Waals surface area (Å²) in [6.45, 7) is 0.905. The number of hydrogen-bond acceptors (Lipinski definition) is 5. The van der Waals surface area contributed by atoms with Gasteiger partial charge in [-0.25, -0.2) is 8.42 Å². The van der Waals surface area contributed by atoms with Crippen LogP contribution in [0.25, 0.3) is 0 Å². The molecule has 0 bridgehead atoms. The lowest BCUT2D eigenvalue weighted by Crippen LogP contribution is -2.40. The van der Waals surface area contributed by atoms with Gasteiger partial charge in [0.15, 0.2) is 6.61 Å². The second kappa shape index (κ2) is 9.11. The van der Waals surface area contributed by atoms with E-state index in [1.165, 1.54) is 22.5 Å². The lowest BCUT2D eigenvalue weighted by Gasteiger charge is -2.26. The van der Waals surface area contributed by atoms with Crippen molar-refractivity contribution in [1.29, 1.82) is 0 Å². The third-order valence-electron chi connectivity index (χ3n) is 3.97. The molecule has 10 heteroatoms. The third kappa shape index (κ3) is 5.15. The van der Waals surface area contributed by atoms with Gasteiger partial charge in [0.05, 0.1) is 18.2 Å².